The molecule has 1 heterocycles. The van der Waals surface area contributed by atoms with Gasteiger partial charge in [0.1, 0.15) is 11.6 Å². The number of nitrogens with one attached hydrogen (secondary N) is 2. The quantitative estimate of drug-likeness (QED) is 0.870. The van der Waals surface area contributed by atoms with Crippen LogP contribution in [0, 0.1) is 11.6 Å². The van der Waals surface area contributed by atoms with Crippen LogP contribution in [0.25, 0.3) is 0 Å². The predicted molar refractivity (Wildman–Crippen MR) is 76.8 cm³/mol. The molecule has 0 aliphatic carbocycles. The first-order valence-corrected chi connectivity index (χ1v) is 7.82. The number of hydrogen-bond acceptors (Lipinski definition) is 3. The van der Waals surface area contributed by atoms with Crippen LogP contribution in [0.3, 0.4) is 0 Å². The van der Waals surface area contributed by atoms with Gasteiger partial charge in [0.15, 0.2) is 0 Å². The van der Waals surface area contributed by atoms with Gasteiger partial charge < -0.3 is 10.6 Å². The van der Waals surface area contributed by atoms with Gasteiger partial charge in [0, 0.05) is 43.1 Å². The Hall–Kier alpha value is -1.14. The first kappa shape index (κ1) is 15.3. The third-order valence-electron chi connectivity index (χ3n) is 3.16. The molecule has 1 aromatic carbocycles. The lowest BCUT2D eigenvalue weighted by molar-refractivity contribution is -0.121. The molecule has 3 nitrogen and oxygen atoms in total. The highest BCUT2D eigenvalue weighted by Gasteiger charge is 2.16. The fourth-order valence-corrected chi connectivity index (χ4v) is 3.06. The minimum atomic E-state index is -0.587. The minimum Gasteiger partial charge on any atom is -0.356 e. The summed E-state index contributed by atoms with van der Waals surface area (Å²) < 4.78 is 26.1. The molecule has 6 heteroatoms. The van der Waals surface area contributed by atoms with Gasteiger partial charge in [0.25, 0.3) is 0 Å². The molecule has 1 saturated heterocycles. The fourth-order valence-electron chi connectivity index (χ4n) is 2.11. The van der Waals surface area contributed by atoms with E-state index in [-0.39, 0.29) is 11.9 Å². The van der Waals surface area contributed by atoms with Gasteiger partial charge in [-0.05, 0) is 18.1 Å². The zero-order chi connectivity index (χ0) is 14.4. The monoisotopic (exact) mass is 300 g/mol. The lowest BCUT2D eigenvalue weighted by Crippen LogP contribution is -2.41. The summed E-state index contributed by atoms with van der Waals surface area (Å²) in [5, 5.41) is 6.06. The van der Waals surface area contributed by atoms with Crippen LogP contribution in [0.2, 0.25) is 0 Å². The molecular weight excluding hydrogens is 282 g/mol. The lowest BCUT2D eigenvalue weighted by Gasteiger charge is -2.22. The van der Waals surface area contributed by atoms with Crippen molar-refractivity contribution in [2.45, 2.75) is 18.9 Å². The standard InChI is InChI=1S/C14H18F2N2OS/c15-11-2-1-10(13(16)7-11)3-4-18-14(19)8-12-9-20-6-5-17-12/h1-2,7,12,17H,3-6,8-9H2,(H,18,19)/t12-/m1/s1. The summed E-state index contributed by atoms with van der Waals surface area (Å²) in [5.41, 5.74) is 0.415. The molecule has 1 aliphatic heterocycles. The summed E-state index contributed by atoms with van der Waals surface area (Å²) in [7, 11) is 0. The van der Waals surface area contributed by atoms with E-state index in [9.17, 15) is 13.6 Å². The smallest absolute Gasteiger partial charge is 0.221 e. The summed E-state index contributed by atoms with van der Waals surface area (Å²) in [6.45, 7) is 1.30. The van der Waals surface area contributed by atoms with E-state index >= 15 is 0 Å². The van der Waals surface area contributed by atoms with Crippen molar-refractivity contribution >= 4 is 17.7 Å². The van der Waals surface area contributed by atoms with Crippen molar-refractivity contribution in [1.82, 2.24) is 10.6 Å². The average Bonchev–Trinajstić information content (AvgIpc) is 2.42. The number of carbonyl (C=O) groups is 1. The van der Waals surface area contributed by atoms with Gasteiger partial charge in [-0.3, -0.25) is 4.79 Å². The van der Waals surface area contributed by atoms with Crippen molar-refractivity contribution < 1.29 is 13.6 Å². The number of benzene rings is 1. The van der Waals surface area contributed by atoms with Crippen LogP contribution in [-0.2, 0) is 11.2 Å². The Morgan fingerprint density at radius 2 is 2.30 bits per heavy atom. The third-order valence-corrected chi connectivity index (χ3v) is 4.29. The van der Waals surface area contributed by atoms with Gasteiger partial charge in [-0.2, -0.15) is 11.8 Å². The van der Waals surface area contributed by atoms with Crippen LogP contribution in [-0.4, -0.2) is 36.5 Å². The second kappa shape index (κ2) is 7.59. The molecule has 1 aliphatic rings. The highest BCUT2D eigenvalue weighted by atomic mass is 32.2. The van der Waals surface area contributed by atoms with E-state index in [1.165, 1.54) is 12.1 Å². The molecule has 0 radical (unpaired) electrons. The van der Waals surface area contributed by atoms with Crippen molar-refractivity contribution in [3.8, 4) is 0 Å². The topological polar surface area (TPSA) is 41.1 Å². The summed E-state index contributed by atoms with van der Waals surface area (Å²) in [4.78, 5) is 11.7. The third kappa shape index (κ3) is 4.76. The van der Waals surface area contributed by atoms with Gasteiger partial charge in [0.2, 0.25) is 5.91 Å². The zero-order valence-electron chi connectivity index (χ0n) is 11.1. The van der Waals surface area contributed by atoms with Gasteiger partial charge >= 0.3 is 0 Å². The summed E-state index contributed by atoms with van der Waals surface area (Å²) in [5.74, 6) is 0.843. The van der Waals surface area contributed by atoms with Crippen molar-refractivity contribution in [3.05, 3.63) is 35.4 Å². The van der Waals surface area contributed by atoms with Gasteiger partial charge in [-0.1, -0.05) is 6.07 Å². The molecule has 20 heavy (non-hydrogen) atoms. The number of rotatable bonds is 5. The van der Waals surface area contributed by atoms with Crippen molar-refractivity contribution in [2.24, 2.45) is 0 Å². The van der Waals surface area contributed by atoms with Crippen LogP contribution in [0.4, 0.5) is 8.78 Å². The Labute approximate surface area is 121 Å². The van der Waals surface area contributed by atoms with E-state index in [2.05, 4.69) is 10.6 Å². The maximum atomic E-state index is 13.4. The average molecular weight is 300 g/mol. The highest BCUT2D eigenvalue weighted by molar-refractivity contribution is 7.99. The minimum absolute atomic E-state index is 0.0347. The Morgan fingerprint density at radius 1 is 1.45 bits per heavy atom. The maximum absolute atomic E-state index is 13.4. The van der Waals surface area contributed by atoms with Crippen molar-refractivity contribution in [1.29, 1.82) is 0 Å². The summed E-state index contributed by atoms with van der Waals surface area (Å²) in [6.07, 6.45) is 0.809. The largest absolute Gasteiger partial charge is 0.356 e. The molecule has 1 fully saturated rings. The van der Waals surface area contributed by atoms with E-state index in [1.807, 2.05) is 11.8 Å². The first-order chi connectivity index (χ1) is 9.65. The molecule has 0 aromatic heterocycles. The second-order valence-corrected chi connectivity index (χ2v) is 5.92. The van der Waals surface area contributed by atoms with Crippen LogP contribution in [0.15, 0.2) is 18.2 Å². The SMILES string of the molecule is O=C(C[C@@H]1CSCCN1)NCCc1ccc(F)cc1F. The van der Waals surface area contributed by atoms with Gasteiger partial charge in [0.05, 0.1) is 0 Å². The Morgan fingerprint density at radius 3 is 3.00 bits per heavy atom. The summed E-state index contributed by atoms with van der Waals surface area (Å²) in [6, 6.07) is 3.72. The predicted octanol–water partition coefficient (Wildman–Crippen LogP) is 1.72. The lowest BCUT2D eigenvalue weighted by atomic mass is 10.1. The van der Waals surface area contributed by atoms with Gasteiger partial charge in [-0.15, -0.1) is 0 Å². The van der Waals surface area contributed by atoms with Crippen LogP contribution in [0.5, 0.6) is 0 Å². The molecule has 1 amide bonds. The van der Waals surface area contributed by atoms with Crippen LogP contribution >= 0.6 is 11.8 Å². The number of hydrogen-bond donors (Lipinski definition) is 2. The second-order valence-electron chi connectivity index (χ2n) is 4.77. The van der Waals surface area contributed by atoms with Crippen LogP contribution in [0.1, 0.15) is 12.0 Å². The molecule has 0 bridgehead atoms. The number of carbonyl (C=O) groups excluding carboxylic acids is 1. The fraction of sp³-hybridized carbons (Fsp3) is 0.500. The molecule has 110 valence electrons. The molecule has 0 spiro atoms. The molecule has 0 saturated carbocycles. The Bertz CT molecular complexity index is 464. The van der Waals surface area contributed by atoms with E-state index in [0.717, 1.165) is 24.1 Å². The van der Waals surface area contributed by atoms with Crippen molar-refractivity contribution in [2.75, 3.05) is 24.6 Å². The Balaban J connectivity index is 1.70. The molecule has 2 rings (SSSR count). The molecule has 2 N–H and O–H groups in total. The molecule has 1 atom stereocenters. The highest BCUT2D eigenvalue weighted by Crippen LogP contribution is 2.11. The van der Waals surface area contributed by atoms with E-state index < -0.39 is 11.6 Å². The van der Waals surface area contributed by atoms with E-state index in [4.69, 9.17) is 0 Å². The number of amides is 1. The van der Waals surface area contributed by atoms with Gasteiger partial charge in [-0.25, -0.2) is 8.78 Å². The number of thioether (sulfide) groups is 1. The maximum Gasteiger partial charge on any atom is 0.221 e. The van der Waals surface area contributed by atoms with E-state index in [1.54, 1.807) is 0 Å². The molecule has 0 unspecified atom stereocenters. The number of halogens is 2. The zero-order valence-corrected chi connectivity index (χ0v) is 11.9. The van der Waals surface area contributed by atoms with Crippen molar-refractivity contribution in [3.63, 3.8) is 0 Å². The molecule has 1 aromatic rings. The van der Waals surface area contributed by atoms with E-state index in [0.29, 0.717) is 24.9 Å². The molecular formula is C14H18F2N2OS. The normalized spacial score (nSPS) is 18.8. The Kier molecular flexibility index (Phi) is 5.79. The first-order valence-electron chi connectivity index (χ1n) is 6.67. The van der Waals surface area contributed by atoms with Crippen LogP contribution < -0.4 is 10.6 Å². The summed E-state index contributed by atoms with van der Waals surface area (Å²) >= 11 is 1.84.